The van der Waals surface area contributed by atoms with Crippen LogP contribution in [-0.2, 0) is 4.79 Å². The van der Waals surface area contributed by atoms with Crippen LogP contribution in [0.5, 0.6) is 0 Å². The first-order valence-electron chi connectivity index (χ1n) is 4.33. The minimum absolute atomic E-state index is 0.0775. The molecule has 1 rings (SSSR count). The lowest BCUT2D eigenvalue weighted by Gasteiger charge is -2.29. The van der Waals surface area contributed by atoms with E-state index in [9.17, 15) is 9.90 Å². The van der Waals surface area contributed by atoms with Gasteiger partial charge < -0.3 is 15.7 Å². The van der Waals surface area contributed by atoms with Gasteiger partial charge in [-0.3, -0.25) is 4.79 Å². The number of nitrogens with zero attached hydrogens (tertiary/aromatic N) is 1. The molecule has 74 valence electrons. The SMILES string of the molecule is NC(=S)CC(=O)N1CCCC(O)C1. The number of piperidine rings is 1. The van der Waals surface area contributed by atoms with E-state index < -0.39 is 0 Å². The molecule has 4 nitrogen and oxygen atoms in total. The van der Waals surface area contributed by atoms with Crippen molar-refractivity contribution in [1.82, 2.24) is 4.90 Å². The van der Waals surface area contributed by atoms with E-state index in [0.717, 1.165) is 12.8 Å². The van der Waals surface area contributed by atoms with Crippen LogP contribution in [-0.4, -0.2) is 40.1 Å². The van der Waals surface area contributed by atoms with Crippen LogP contribution >= 0.6 is 12.2 Å². The molecule has 1 amide bonds. The normalized spacial score (nSPS) is 22.8. The van der Waals surface area contributed by atoms with Crippen molar-refractivity contribution in [3.05, 3.63) is 0 Å². The van der Waals surface area contributed by atoms with Gasteiger partial charge in [0.2, 0.25) is 5.91 Å². The highest BCUT2D eigenvalue weighted by Crippen LogP contribution is 2.10. The summed E-state index contributed by atoms with van der Waals surface area (Å²) in [6, 6.07) is 0. The molecule has 0 radical (unpaired) electrons. The van der Waals surface area contributed by atoms with Gasteiger partial charge in [-0.05, 0) is 12.8 Å². The summed E-state index contributed by atoms with van der Waals surface area (Å²) in [5, 5.41) is 9.30. The average Bonchev–Trinajstić information content (AvgIpc) is 2.03. The molecule has 0 aliphatic carbocycles. The molecule has 1 unspecified atom stereocenters. The molecule has 1 aliphatic heterocycles. The van der Waals surface area contributed by atoms with Gasteiger partial charge in [0.1, 0.15) is 0 Å². The Balaban J connectivity index is 2.41. The molecule has 3 N–H and O–H groups in total. The zero-order chi connectivity index (χ0) is 9.84. The summed E-state index contributed by atoms with van der Waals surface area (Å²) in [4.78, 5) is 13.2. The highest BCUT2D eigenvalue weighted by molar-refractivity contribution is 7.80. The number of carbonyl (C=O) groups excluding carboxylic acids is 1. The summed E-state index contributed by atoms with van der Waals surface area (Å²) in [5.41, 5.74) is 5.26. The number of thiocarbonyl (C=S) groups is 1. The molecule has 0 aromatic rings. The van der Waals surface area contributed by atoms with Gasteiger partial charge in [0, 0.05) is 13.1 Å². The van der Waals surface area contributed by atoms with E-state index in [4.69, 9.17) is 5.73 Å². The van der Waals surface area contributed by atoms with Crippen molar-refractivity contribution < 1.29 is 9.90 Å². The summed E-state index contributed by atoms with van der Waals surface area (Å²) in [6.07, 6.45) is 1.35. The summed E-state index contributed by atoms with van der Waals surface area (Å²) in [7, 11) is 0. The summed E-state index contributed by atoms with van der Waals surface area (Å²) >= 11 is 4.64. The molecular weight excluding hydrogens is 188 g/mol. The van der Waals surface area contributed by atoms with Crippen molar-refractivity contribution >= 4 is 23.1 Å². The highest BCUT2D eigenvalue weighted by atomic mass is 32.1. The topological polar surface area (TPSA) is 66.6 Å². The molecule has 1 saturated heterocycles. The lowest BCUT2D eigenvalue weighted by Crippen LogP contribution is -2.43. The lowest BCUT2D eigenvalue weighted by atomic mass is 10.1. The van der Waals surface area contributed by atoms with Crippen molar-refractivity contribution in [3.63, 3.8) is 0 Å². The number of aliphatic hydroxyl groups excluding tert-OH is 1. The Hall–Kier alpha value is -0.680. The van der Waals surface area contributed by atoms with Gasteiger partial charge in [-0.25, -0.2) is 0 Å². The number of β-amino-alcohol motifs (C(OH)–C–C–N with tert-alkyl or cyclic N) is 1. The molecule has 0 aromatic carbocycles. The van der Waals surface area contributed by atoms with E-state index >= 15 is 0 Å². The first-order valence-corrected chi connectivity index (χ1v) is 4.74. The smallest absolute Gasteiger partial charge is 0.229 e. The van der Waals surface area contributed by atoms with Crippen LogP contribution in [0.4, 0.5) is 0 Å². The van der Waals surface area contributed by atoms with Gasteiger partial charge in [-0.1, -0.05) is 12.2 Å². The molecule has 0 spiro atoms. The van der Waals surface area contributed by atoms with Crippen LogP contribution in [0.2, 0.25) is 0 Å². The quantitative estimate of drug-likeness (QED) is 0.600. The van der Waals surface area contributed by atoms with Gasteiger partial charge in [-0.2, -0.15) is 0 Å². The predicted octanol–water partition coefficient (Wildman–Crippen LogP) is -0.354. The Morgan fingerprint density at radius 1 is 1.69 bits per heavy atom. The van der Waals surface area contributed by atoms with Crippen LogP contribution in [0.3, 0.4) is 0 Å². The summed E-state index contributed by atoms with van der Waals surface area (Å²) < 4.78 is 0. The summed E-state index contributed by atoms with van der Waals surface area (Å²) in [6.45, 7) is 1.12. The molecule has 1 fully saturated rings. The fourth-order valence-corrected chi connectivity index (χ4v) is 1.57. The largest absolute Gasteiger partial charge is 0.393 e. The third-order valence-electron chi connectivity index (χ3n) is 2.07. The van der Waals surface area contributed by atoms with Gasteiger partial charge >= 0.3 is 0 Å². The average molecular weight is 202 g/mol. The second-order valence-electron chi connectivity index (χ2n) is 3.28. The Morgan fingerprint density at radius 3 is 2.92 bits per heavy atom. The number of amides is 1. The maximum Gasteiger partial charge on any atom is 0.229 e. The monoisotopic (exact) mass is 202 g/mol. The van der Waals surface area contributed by atoms with Crippen molar-refractivity contribution in [3.8, 4) is 0 Å². The first-order chi connectivity index (χ1) is 6.09. The van der Waals surface area contributed by atoms with Crippen LogP contribution < -0.4 is 5.73 Å². The second kappa shape index (κ2) is 4.53. The first kappa shape index (κ1) is 10.4. The number of aliphatic hydroxyl groups is 1. The maximum absolute atomic E-state index is 11.4. The molecule has 1 aliphatic rings. The van der Waals surface area contributed by atoms with Gasteiger partial charge in [0.05, 0.1) is 17.5 Å². The minimum atomic E-state index is -0.385. The van der Waals surface area contributed by atoms with Crippen molar-refractivity contribution in [2.45, 2.75) is 25.4 Å². The number of hydrogen-bond acceptors (Lipinski definition) is 3. The number of carbonyl (C=O) groups is 1. The van der Waals surface area contributed by atoms with Gasteiger partial charge in [0.25, 0.3) is 0 Å². The van der Waals surface area contributed by atoms with Crippen molar-refractivity contribution in [2.24, 2.45) is 5.73 Å². The van der Waals surface area contributed by atoms with E-state index in [1.807, 2.05) is 0 Å². The molecule has 0 aromatic heterocycles. The van der Waals surface area contributed by atoms with E-state index in [-0.39, 0.29) is 23.4 Å². The van der Waals surface area contributed by atoms with E-state index in [2.05, 4.69) is 12.2 Å². The Labute approximate surface area is 82.7 Å². The number of hydrogen-bond donors (Lipinski definition) is 2. The zero-order valence-corrected chi connectivity index (χ0v) is 8.22. The van der Waals surface area contributed by atoms with Crippen molar-refractivity contribution in [2.75, 3.05) is 13.1 Å². The van der Waals surface area contributed by atoms with Crippen LogP contribution in [0.25, 0.3) is 0 Å². The highest BCUT2D eigenvalue weighted by Gasteiger charge is 2.21. The fraction of sp³-hybridized carbons (Fsp3) is 0.750. The van der Waals surface area contributed by atoms with E-state index in [1.54, 1.807) is 4.90 Å². The van der Waals surface area contributed by atoms with Crippen LogP contribution in [0.1, 0.15) is 19.3 Å². The molecule has 1 heterocycles. The minimum Gasteiger partial charge on any atom is -0.393 e. The van der Waals surface area contributed by atoms with E-state index in [0.29, 0.717) is 13.1 Å². The molecule has 0 saturated carbocycles. The Kier molecular flexibility index (Phi) is 3.62. The maximum atomic E-state index is 11.4. The van der Waals surface area contributed by atoms with Gasteiger partial charge in [0.15, 0.2) is 0 Å². The van der Waals surface area contributed by atoms with E-state index in [1.165, 1.54) is 0 Å². The second-order valence-corrected chi connectivity index (χ2v) is 3.80. The number of likely N-dealkylation sites (tertiary alicyclic amines) is 1. The number of nitrogens with two attached hydrogens (primary N) is 1. The number of rotatable bonds is 2. The van der Waals surface area contributed by atoms with Gasteiger partial charge in [-0.15, -0.1) is 0 Å². The molecule has 13 heavy (non-hydrogen) atoms. The zero-order valence-electron chi connectivity index (χ0n) is 7.40. The molecule has 0 bridgehead atoms. The summed E-state index contributed by atoms with van der Waals surface area (Å²) in [5.74, 6) is -0.0775. The molecule has 5 heteroatoms. The lowest BCUT2D eigenvalue weighted by molar-refractivity contribution is -0.132. The third-order valence-corrected chi connectivity index (χ3v) is 2.22. The Bertz CT molecular complexity index is 220. The standard InChI is InChI=1S/C8H14N2O2S/c9-7(13)4-8(12)10-3-1-2-6(11)5-10/h6,11H,1-5H2,(H2,9,13). The Morgan fingerprint density at radius 2 is 2.38 bits per heavy atom. The van der Waals surface area contributed by atoms with Crippen LogP contribution in [0.15, 0.2) is 0 Å². The molecular formula is C8H14N2O2S. The fourth-order valence-electron chi connectivity index (χ4n) is 1.44. The predicted molar refractivity (Wildman–Crippen MR) is 53.2 cm³/mol. The third kappa shape index (κ3) is 3.28. The van der Waals surface area contributed by atoms with Crippen molar-refractivity contribution in [1.29, 1.82) is 0 Å². The molecule has 1 atom stereocenters. The van der Waals surface area contributed by atoms with Crippen LogP contribution in [0, 0.1) is 0 Å².